The lowest BCUT2D eigenvalue weighted by molar-refractivity contribution is -0.150. The summed E-state index contributed by atoms with van der Waals surface area (Å²) >= 11 is 1.85. The van der Waals surface area contributed by atoms with Crippen LogP contribution in [0.5, 0.6) is 0 Å². The molecular formula is C55H61N3O6S. The molecule has 10 rings (SSSR count). The zero-order valence-corrected chi connectivity index (χ0v) is 38.8. The molecule has 5 heterocycles. The second-order valence-electron chi connectivity index (χ2n) is 18.7. The molecule has 3 aromatic heterocycles. The largest absolute Gasteiger partial charge is 0.381 e. The Morgan fingerprint density at radius 3 is 1.89 bits per heavy atom. The Morgan fingerprint density at radius 2 is 1.20 bits per heavy atom. The highest BCUT2D eigenvalue weighted by molar-refractivity contribution is 7.25. The number of aromatic nitrogens is 3. The molecule has 0 spiro atoms. The summed E-state index contributed by atoms with van der Waals surface area (Å²) in [5.41, 5.74) is 7.84. The third-order valence-corrected chi connectivity index (χ3v) is 14.5. The normalized spacial score (nSPS) is 15.7. The van der Waals surface area contributed by atoms with E-state index < -0.39 is 0 Å². The van der Waals surface area contributed by atoms with Gasteiger partial charge in [0.2, 0.25) is 5.95 Å². The molecule has 2 fully saturated rings. The van der Waals surface area contributed by atoms with Crippen molar-refractivity contribution in [1.29, 1.82) is 0 Å². The van der Waals surface area contributed by atoms with Crippen LogP contribution in [0.25, 0.3) is 70.1 Å². The van der Waals surface area contributed by atoms with Gasteiger partial charge in [0.1, 0.15) is 0 Å². The van der Waals surface area contributed by atoms with Crippen molar-refractivity contribution in [3.05, 3.63) is 114 Å². The summed E-state index contributed by atoms with van der Waals surface area (Å²) in [6.45, 7) is 13.5. The molecule has 2 aliphatic heterocycles. The number of ether oxygens (including phenoxy) is 6. The quantitative estimate of drug-likeness (QED) is 0.0587. The second-order valence-corrected chi connectivity index (χ2v) is 19.8. The van der Waals surface area contributed by atoms with Gasteiger partial charge in [-0.1, -0.05) is 74.5 Å². The molecule has 8 aromatic rings. The number of thiophene rings is 1. The molecule has 0 atom stereocenters. The number of hydrogen-bond acceptors (Lipinski definition) is 9. The van der Waals surface area contributed by atoms with Crippen LogP contribution in [0.2, 0.25) is 0 Å². The summed E-state index contributed by atoms with van der Waals surface area (Å²) in [6.07, 6.45) is 7.44. The number of nitrogens with zero attached hydrogens (tertiary/aromatic N) is 3. The van der Waals surface area contributed by atoms with Gasteiger partial charge in [-0.25, -0.2) is 9.97 Å². The average Bonchev–Trinajstić information content (AvgIpc) is 3.83. The van der Waals surface area contributed by atoms with Gasteiger partial charge < -0.3 is 28.4 Å². The average molecular weight is 892 g/mol. The molecule has 0 saturated carbocycles. The number of unbranched alkanes of at least 4 members (excludes halogenated alkanes) is 4. The van der Waals surface area contributed by atoms with Crippen molar-refractivity contribution in [2.45, 2.75) is 72.0 Å². The standard InChI is InChI=1S/C55H61N3O6S/c1-3-55(37-64-38-55)36-62-26-14-6-12-23-59-31-39-19-21-48-43(27-39)44-30-51-46(29-49(44)58(48)53-56-47-18-10-9-17-42(47)52(57-53)41-15-7-4-8-16-41)45-28-40(20-22-50(45)65-51)32-60-24-11-5-13-25-61-33-54(2)34-63-35-54/h4,7-10,15-22,27-30H,3,5-6,11-14,23-26,31-38H2,1-2H3. The van der Waals surface area contributed by atoms with Gasteiger partial charge in [0.15, 0.2) is 0 Å². The highest BCUT2D eigenvalue weighted by atomic mass is 32.1. The van der Waals surface area contributed by atoms with Crippen LogP contribution >= 0.6 is 11.3 Å². The van der Waals surface area contributed by atoms with Crippen molar-refractivity contribution in [2.75, 3.05) is 66.1 Å². The van der Waals surface area contributed by atoms with E-state index in [0.717, 1.165) is 150 Å². The monoisotopic (exact) mass is 891 g/mol. The molecule has 5 aromatic carbocycles. The third-order valence-electron chi connectivity index (χ3n) is 13.3. The Bertz CT molecular complexity index is 2880. The number of rotatable bonds is 23. The lowest BCUT2D eigenvalue weighted by Gasteiger charge is -2.40. The minimum atomic E-state index is 0.210. The van der Waals surface area contributed by atoms with Crippen molar-refractivity contribution >= 4 is 64.2 Å². The first-order valence-electron chi connectivity index (χ1n) is 23.7. The van der Waals surface area contributed by atoms with Gasteiger partial charge in [-0.15, -0.1) is 11.3 Å². The molecule has 65 heavy (non-hydrogen) atoms. The first kappa shape index (κ1) is 44.1. The first-order chi connectivity index (χ1) is 32.0. The van der Waals surface area contributed by atoms with E-state index in [4.69, 9.17) is 38.4 Å². The van der Waals surface area contributed by atoms with Crippen LogP contribution in [0.4, 0.5) is 0 Å². The van der Waals surface area contributed by atoms with Crippen LogP contribution in [0.15, 0.2) is 103 Å². The van der Waals surface area contributed by atoms with Crippen LogP contribution in [-0.4, -0.2) is 80.6 Å². The zero-order chi connectivity index (χ0) is 44.1. The fraction of sp³-hybridized carbons (Fsp3) is 0.418. The van der Waals surface area contributed by atoms with Crippen molar-refractivity contribution in [3.63, 3.8) is 0 Å². The highest BCUT2D eigenvalue weighted by Gasteiger charge is 2.37. The lowest BCUT2D eigenvalue weighted by atomic mass is 9.84. The van der Waals surface area contributed by atoms with Crippen LogP contribution in [0.3, 0.4) is 0 Å². The Kier molecular flexibility index (Phi) is 13.6. The van der Waals surface area contributed by atoms with Gasteiger partial charge in [0.05, 0.1) is 75.1 Å². The van der Waals surface area contributed by atoms with Crippen molar-refractivity contribution in [3.8, 4) is 17.2 Å². The fourth-order valence-corrected chi connectivity index (χ4v) is 10.3. The maximum absolute atomic E-state index is 6.28. The third kappa shape index (κ3) is 9.72. The maximum atomic E-state index is 6.28. The smallest absolute Gasteiger partial charge is 0.235 e. The van der Waals surface area contributed by atoms with Gasteiger partial charge in [-0.3, -0.25) is 4.57 Å². The molecule has 338 valence electrons. The summed E-state index contributed by atoms with van der Waals surface area (Å²) in [5.74, 6) is 0.656. The molecule has 0 bridgehead atoms. The summed E-state index contributed by atoms with van der Waals surface area (Å²) in [6, 6.07) is 37.0. The van der Waals surface area contributed by atoms with Crippen molar-refractivity contribution < 1.29 is 28.4 Å². The van der Waals surface area contributed by atoms with Crippen LogP contribution in [0, 0.1) is 10.8 Å². The topological polar surface area (TPSA) is 86.1 Å². The highest BCUT2D eigenvalue weighted by Crippen LogP contribution is 2.42. The molecule has 0 radical (unpaired) electrons. The van der Waals surface area contributed by atoms with E-state index in [1.165, 1.54) is 36.5 Å². The number of benzene rings is 5. The van der Waals surface area contributed by atoms with Gasteiger partial charge in [-0.2, -0.15) is 0 Å². The fourth-order valence-electron chi connectivity index (χ4n) is 9.23. The molecule has 10 heteroatoms. The molecule has 0 unspecified atom stereocenters. The minimum Gasteiger partial charge on any atom is -0.381 e. The van der Waals surface area contributed by atoms with E-state index in [1.54, 1.807) is 0 Å². The lowest BCUT2D eigenvalue weighted by Crippen LogP contribution is -2.45. The van der Waals surface area contributed by atoms with Crippen LogP contribution in [0.1, 0.15) is 69.9 Å². The predicted molar refractivity (Wildman–Crippen MR) is 263 cm³/mol. The van der Waals surface area contributed by atoms with E-state index >= 15 is 0 Å². The van der Waals surface area contributed by atoms with Crippen LogP contribution < -0.4 is 0 Å². The van der Waals surface area contributed by atoms with Gasteiger partial charge >= 0.3 is 0 Å². The molecule has 9 nitrogen and oxygen atoms in total. The molecule has 0 amide bonds. The van der Waals surface area contributed by atoms with Crippen molar-refractivity contribution in [2.24, 2.45) is 10.8 Å². The predicted octanol–water partition coefficient (Wildman–Crippen LogP) is 12.6. The van der Waals surface area contributed by atoms with E-state index in [9.17, 15) is 0 Å². The Balaban J connectivity index is 0.892. The van der Waals surface area contributed by atoms with E-state index in [1.807, 2.05) is 17.4 Å². The minimum absolute atomic E-state index is 0.210. The molecular weight excluding hydrogens is 831 g/mol. The van der Waals surface area contributed by atoms with Gasteiger partial charge in [0.25, 0.3) is 0 Å². The van der Waals surface area contributed by atoms with Gasteiger partial charge in [0, 0.05) is 79.2 Å². The van der Waals surface area contributed by atoms with E-state index in [2.05, 4.69) is 115 Å². The number of hydrogen-bond donors (Lipinski definition) is 0. The number of para-hydroxylation sites is 1. The summed E-state index contributed by atoms with van der Waals surface area (Å²) in [7, 11) is 0. The SMILES string of the molecule is CCC1(COCCCCCOCc2ccc3c(c2)c2cc4sc5ccc(COCCCCCOCC6(C)COC6)cc5c4cc2n3-c2nc(-c3ccccc3)c3ccccc3n2)COC1. The Morgan fingerprint density at radius 1 is 0.569 bits per heavy atom. The van der Waals surface area contributed by atoms with Crippen molar-refractivity contribution in [1.82, 2.24) is 14.5 Å². The Labute approximate surface area is 386 Å². The molecule has 0 aliphatic carbocycles. The number of fused-ring (bicyclic) bond motifs is 7. The van der Waals surface area contributed by atoms with E-state index in [-0.39, 0.29) is 10.8 Å². The van der Waals surface area contributed by atoms with Gasteiger partial charge in [-0.05, 0) is 98.5 Å². The molecule has 2 saturated heterocycles. The summed E-state index contributed by atoms with van der Waals surface area (Å²) in [4.78, 5) is 10.6. The molecule has 2 aliphatic rings. The van der Waals surface area contributed by atoms with Crippen LogP contribution in [-0.2, 0) is 41.6 Å². The van der Waals surface area contributed by atoms with E-state index in [0.29, 0.717) is 19.2 Å². The zero-order valence-electron chi connectivity index (χ0n) is 37.9. The maximum Gasteiger partial charge on any atom is 0.235 e. The first-order valence-corrected chi connectivity index (χ1v) is 24.5. The second kappa shape index (κ2) is 20.0. The summed E-state index contributed by atoms with van der Waals surface area (Å²) in [5, 5.41) is 5.85. The summed E-state index contributed by atoms with van der Waals surface area (Å²) < 4.78 is 40.0. The molecule has 0 N–H and O–H groups in total. The Hall–Kier alpha value is -4.78.